The van der Waals surface area contributed by atoms with E-state index in [-0.39, 0.29) is 23.2 Å². The Morgan fingerprint density at radius 3 is 2.31 bits per heavy atom. The standard InChI is InChI=1S/C19H23FN2O3S/c1-3-7-15(2)21-19(23)14-22(17-12-10-16(20)11-13-17)26(24,25)18-8-5-4-6-9-18/h4-6,8-13,15H,3,7,14H2,1-2H3,(H,21,23)/t15-/m0/s1. The quantitative estimate of drug-likeness (QED) is 0.766. The first-order chi connectivity index (χ1) is 12.3. The van der Waals surface area contributed by atoms with Crippen molar-refractivity contribution in [2.45, 2.75) is 37.6 Å². The van der Waals surface area contributed by atoms with Crippen molar-refractivity contribution in [1.82, 2.24) is 5.32 Å². The van der Waals surface area contributed by atoms with Crippen molar-refractivity contribution in [3.63, 3.8) is 0 Å². The van der Waals surface area contributed by atoms with Gasteiger partial charge in [0.25, 0.3) is 10.0 Å². The molecule has 0 saturated carbocycles. The lowest BCUT2D eigenvalue weighted by atomic mass is 10.2. The molecule has 0 heterocycles. The van der Waals surface area contributed by atoms with Gasteiger partial charge in [0.05, 0.1) is 10.6 Å². The van der Waals surface area contributed by atoms with Gasteiger partial charge in [-0.2, -0.15) is 0 Å². The van der Waals surface area contributed by atoms with E-state index >= 15 is 0 Å². The third-order valence-corrected chi connectivity index (χ3v) is 5.65. The number of hydrogen-bond donors (Lipinski definition) is 1. The molecule has 1 atom stereocenters. The highest BCUT2D eigenvalue weighted by Gasteiger charge is 2.27. The van der Waals surface area contributed by atoms with Gasteiger partial charge < -0.3 is 5.32 Å². The van der Waals surface area contributed by atoms with E-state index in [1.807, 2.05) is 13.8 Å². The predicted molar refractivity (Wildman–Crippen MR) is 99.9 cm³/mol. The fourth-order valence-corrected chi connectivity index (χ4v) is 4.04. The van der Waals surface area contributed by atoms with Crippen LogP contribution in [0.2, 0.25) is 0 Å². The summed E-state index contributed by atoms with van der Waals surface area (Å²) in [5.74, 6) is -0.887. The van der Waals surface area contributed by atoms with Crippen molar-refractivity contribution in [3.8, 4) is 0 Å². The van der Waals surface area contributed by atoms with Crippen LogP contribution in [0.4, 0.5) is 10.1 Å². The fraction of sp³-hybridized carbons (Fsp3) is 0.316. The Kier molecular flexibility index (Phi) is 6.74. The molecule has 5 nitrogen and oxygen atoms in total. The summed E-state index contributed by atoms with van der Waals surface area (Å²) in [6.07, 6.45) is 1.71. The number of rotatable bonds is 8. The molecule has 0 aliphatic rings. The van der Waals surface area contributed by atoms with Crippen molar-refractivity contribution < 1.29 is 17.6 Å². The number of hydrogen-bond acceptors (Lipinski definition) is 3. The van der Waals surface area contributed by atoms with E-state index in [2.05, 4.69) is 5.32 Å². The zero-order valence-corrected chi connectivity index (χ0v) is 15.7. The summed E-state index contributed by atoms with van der Waals surface area (Å²) < 4.78 is 40.3. The fourth-order valence-electron chi connectivity index (χ4n) is 2.60. The van der Waals surface area contributed by atoms with Crippen LogP contribution in [0.15, 0.2) is 59.5 Å². The minimum absolute atomic E-state index is 0.0537. The highest BCUT2D eigenvalue weighted by molar-refractivity contribution is 7.92. The Labute approximate surface area is 153 Å². The molecule has 0 spiro atoms. The van der Waals surface area contributed by atoms with Gasteiger partial charge in [-0.3, -0.25) is 9.10 Å². The smallest absolute Gasteiger partial charge is 0.264 e. The van der Waals surface area contributed by atoms with Gasteiger partial charge >= 0.3 is 0 Å². The summed E-state index contributed by atoms with van der Waals surface area (Å²) in [5, 5.41) is 2.80. The highest BCUT2D eigenvalue weighted by atomic mass is 32.2. The highest BCUT2D eigenvalue weighted by Crippen LogP contribution is 2.23. The second-order valence-corrected chi connectivity index (χ2v) is 7.92. The van der Waals surface area contributed by atoms with E-state index < -0.39 is 21.7 Å². The third-order valence-electron chi connectivity index (χ3n) is 3.86. The molecule has 0 aliphatic heterocycles. The lowest BCUT2D eigenvalue weighted by molar-refractivity contribution is -0.120. The topological polar surface area (TPSA) is 66.5 Å². The first-order valence-electron chi connectivity index (χ1n) is 8.47. The van der Waals surface area contributed by atoms with E-state index in [1.165, 1.54) is 36.4 Å². The number of carbonyl (C=O) groups excluding carboxylic acids is 1. The number of amides is 1. The summed E-state index contributed by atoms with van der Waals surface area (Å²) in [4.78, 5) is 12.4. The van der Waals surface area contributed by atoms with E-state index in [0.29, 0.717) is 0 Å². The molecule has 2 aromatic carbocycles. The predicted octanol–water partition coefficient (Wildman–Crippen LogP) is 3.33. The second kappa shape index (κ2) is 8.80. The van der Waals surface area contributed by atoms with E-state index in [9.17, 15) is 17.6 Å². The average Bonchev–Trinajstić information content (AvgIpc) is 2.61. The maximum Gasteiger partial charge on any atom is 0.264 e. The van der Waals surface area contributed by atoms with Crippen molar-refractivity contribution in [2.24, 2.45) is 0 Å². The summed E-state index contributed by atoms with van der Waals surface area (Å²) in [7, 11) is -3.96. The van der Waals surface area contributed by atoms with Gasteiger partial charge in [-0.05, 0) is 49.7 Å². The summed E-state index contributed by atoms with van der Waals surface area (Å²) in [6, 6.07) is 12.8. The molecule has 0 unspecified atom stereocenters. The molecule has 7 heteroatoms. The molecule has 0 aromatic heterocycles. The van der Waals surface area contributed by atoms with Crippen LogP contribution in [0, 0.1) is 5.82 Å². The maximum absolute atomic E-state index is 13.2. The van der Waals surface area contributed by atoms with Crippen LogP contribution in [-0.2, 0) is 14.8 Å². The largest absolute Gasteiger partial charge is 0.352 e. The summed E-state index contributed by atoms with van der Waals surface area (Å²) in [6.45, 7) is 3.50. The number of carbonyl (C=O) groups is 1. The molecule has 26 heavy (non-hydrogen) atoms. The van der Waals surface area contributed by atoms with E-state index in [4.69, 9.17) is 0 Å². The van der Waals surface area contributed by atoms with Gasteiger partial charge in [0, 0.05) is 6.04 Å². The Bertz CT molecular complexity index is 824. The molecule has 0 saturated heterocycles. The molecule has 0 radical (unpaired) electrons. The molecule has 1 amide bonds. The van der Waals surface area contributed by atoms with Crippen molar-refractivity contribution in [3.05, 3.63) is 60.4 Å². The summed E-state index contributed by atoms with van der Waals surface area (Å²) in [5.41, 5.74) is 0.230. The van der Waals surface area contributed by atoms with Crippen LogP contribution < -0.4 is 9.62 Å². The first kappa shape index (κ1) is 19.9. The molecule has 2 rings (SSSR count). The second-order valence-electron chi connectivity index (χ2n) is 6.06. The number of nitrogens with one attached hydrogen (secondary N) is 1. The lowest BCUT2D eigenvalue weighted by Crippen LogP contribution is -2.43. The van der Waals surface area contributed by atoms with Crippen LogP contribution in [0.3, 0.4) is 0 Å². The van der Waals surface area contributed by atoms with Crippen LogP contribution in [0.5, 0.6) is 0 Å². The monoisotopic (exact) mass is 378 g/mol. The maximum atomic E-state index is 13.2. The number of benzene rings is 2. The molecular formula is C19H23FN2O3S. The molecular weight excluding hydrogens is 355 g/mol. The Morgan fingerprint density at radius 1 is 1.12 bits per heavy atom. The van der Waals surface area contributed by atoms with Crippen LogP contribution in [0.25, 0.3) is 0 Å². The van der Waals surface area contributed by atoms with E-state index in [1.54, 1.807) is 18.2 Å². The number of halogens is 1. The molecule has 2 aromatic rings. The third kappa shape index (κ3) is 5.05. The average molecular weight is 378 g/mol. The van der Waals surface area contributed by atoms with Gasteiger partial charge in [0.1, 0.15) is 12.4 Å². The van der Waals surface area contributed by atoms with Crippen molar-refractivity contribution >= 4 is 21.6 Å². The van der Waals surface area contributed by atoms with Gasteiger partial charge in [0.2, 0.25) is 5.91 Å². The van der Waals surface area contributed by atoms with Gasteiger partial charge in [-0.15, -0.1) is 0 Å². The molecule has 1 N–H and O–H groups in total. The normalized spacial score (nSPS) is 12.4. The van der Waals surface area contributed by atoms with Crippen LogP contribution >= 0.6 is 0 Å². The SMILES string of the molecule is CCC[C@H](C)NC(=O)CN(c1ccc(F)cc1)S(=O)(=O)c1ccccc1. The molecule has 140 valence electrons. The van der Waals surface area contributed by atoms with Crippen molar-refractivity contribution in [2.75, 3.05) is 10.8 Å². The minimum atomic E-state index is -3.96. The molecule has 0 bridgehead atoms. The summed E-state index contributed by atoms with van der Waals surface area (Å²) >= 11 is 0. The lowest BCUT2D eigenvalue weighted by Gasteiger charge is -2.25. The van der Waals surface area contributed by atoms with Crippen LogP contribution in [-0.4, -0.2) is 26.9 Å². The molecule has 0 fully saturated rings. The van der Waals surface area contributed by atoms with Gasteiger partial charge in [-0.25, -0.2) is 12.8 Å². The zero-order chi connectivity index (χ0) is 19.2. The minimum Gasteiger partial charge on any atom is -0.352 e. The van der Waals surface area contributed by atoms with E-state index in [0.717, 1.165) is 17.1 Å². The van der Waals surface area contributed by atoms with Crippen molar-refractivity contribution in [1.29, 1.82) is 0 Å². The Hall–Kier alpha value is -2.41. The number of sulfonamides is 1. The Balaban J connectivity index is 2.34. The van der Waals surface area contributed by atoms with Gasteiger partial charge in [0.15, 0.2) is 0 Å². The van der Waals surface area contributed by atoms with Gasteiger partial charge in [-0.1, -0.05) is 31.5 Å². The number of nitrogens with zero attached hydrogens (tertiary/aromatic N) is 1. The van der Waals surface area contributed by atoms with Crippen LogP contribution in [0.1, 0.15) is 26.7 Å². The zero-order valence-electron chi connectivity index (χ0n) is 14.9. The number of anilines is 1. The first-order valence-corrected chi connectivity index (χ1v) is 9.91. The molecule has 0 aliphatic carbocycles. The Morgan fingerprint density at radius 2 is 1.73 bits per heavy atom.